The molecule has 3 rings (SSSR count). The summed E-state index contributed by atoms with van der Waals surface area (Å²) in [6, 6.07) is 12.9. The van der Waals surface area contributed by atoms with Gasteiger partial charge in [-0.25, -0.2) is 17.5 Å². The lowest BCUT2D eigenvalue weighted by Crippen LogP contribution is -2.27. The van der Waals surface area contributed by atoms with Crippen molar-refractivity contribution >= 4 is 21.6 Å². The van der Waals surface area contributed by atoms with E-state index < -0.39 is 15.8 Å². The molecule has 0 atom stereocenters. The summed E-state index contributed by atoms with van der Waals surface area (Å²) < 4.78 is 41.9. The highest BCUT2D eigenvalue weighted by molar-refractivity contribution is 7.89. The molecule has 0 saturated carbocycles. The monoisotopic (exact) mass is 407 g/mol. The molecular formula is C19H19ClFN3O2S. The van der Waals surface area contributed by atoms with Crippen LogP contribution in [0.1, 0.15) is 17.0 Å². The average Bonchev–Trinajstić information content (AvgIpc) is 2.90. The number of nitrogens with zero attached hydrogens (tertiary/aromatic N) is 3. The summed E-state index contributed by atoms with van der Waals surface area (Å²) in [7, 11) is -2.41. The van der Waals surface area contributed by atoms with Crippen LogP contribution < -0.4 is 0 Å². The second-order valence-electron chi connectivity index (χ2n) is 6.23. The summed E-state index contributed by atoms with van der Waals surface area (Å²) in [5.74, 6) is -0.586. The molecule has 0 spiro atoms. The second kappa shape index (κ2) is 7.42. The Labute approximate surface area is 163 Å². The smallest absolute Gasteiger partial charge is 0.238 e. The molecule has 0 radical (unpaired) electrons. The molecule has 2 aromatic carbocycles. The topological polar surface area (TPSA) is 55.2 Å². The van der Waals surface area contributed by atoms with Crippen LogP contribution in [0.15, 0.2) is 53.4 Å². The van der Waals surface area contributed by atoms with Crippen molar-refractivity contribution < 1.29 is 12.8 Å². The van der Waals surface area contributed by atoms with E-state index in [-0.39, 0.29) is 16.5 Å². The minimum Gasteiger partial charge on any atom is -0.238 e. The number of aromatic nitrogens is 2. The van der Waals surface area contributed by atoms with Crippen molar-refractivity contribution in [1.29, 1.82) is 0 Å². The van der Waals surface area contributed by atoms with Gasteiger partial charge in [0.05, 0.1) is 16.4 Å². The normalized spacial score (nSPS) is 11.9. The molecule has 1 aromatic heterocycles. The molecule has 5 nitrogen and oxygen atoms in total. The summed E-state index contributed by atoms with van der Waals surface area (Å²) in [6.45, 7) is 3.86. The van der Waals surface area contributed by atoms with Gasteiger partial charge in [0.15, 0.2) is 0 Å². The largest absolute Gasteiger partial charge is 0.244 e. The summed E-state index contributed by atoms with van der Waals surface area (Å²) in [4.78, 5) is -0.126. The van der Waals surface area contributed by atoms with Crippen molar-refractivity contribution in [2.75, 3.05) is 7.05 Å². The van der Waals surface area contributed by atoms with Crippen molar-refractivity contribution in [3.05, 3.63) is 76.3 Å². The molecule has 0 N–H and O–H groups in total. The lowest BCUT2D eigenvalue weighted by Gasteiger charge is -2.18. The fourth-order valence-corrected chi connectivity index (χ4v) is 4.52. The second-order valence-corrected chi connectivity index (χ2v) is 8.65. The first-order chi connectivity index (χ1) is 12.7. The molecule has 1 heterocycles. The molecule has 0 unspecified atom stereocenters. The number of benzene rings is 2. The van der Waals surface area contributed by atoms with Crippen LogP contribution in [-0.4, -0.2) is 29.6 Å². The summed E-state index contributed by atoms with van der Waals surface area (Å²) in [6.07, 6.45) is 0. The van der Waals surface area contributed by atoms with Crippen LogP contribution in [0, 0.1) is 19.7 Å². The zero-order valence-corrected chi connectivity index (χ0v) is 16.7. The van der Waals surface area contributed by atoms with Crippen LogP contribution in [0.4, 0.5) is 4.39 Å². The first-order valence-corrected chi connectivity index (χ1v) is 10.1. The van der Waals surface area contributed by atoms with Gasteiger partial charge < -0.3 is 0 Å². The van der Waals surface area contributed by atoms with E-state index >= 15 is 0 Å². The Kier molecular flexibility index (Phi) is 5.37. The van der Waals surface area contributed by atoms with Gasteiger partial charge in [0.1, 0.15) is 10.7 Å². The number of halogens is 2. The number of hydrogen-bond acceptors (Lipinski definition) is 3. The summed E-state index contributed by atoms with van der Waals surface area (Å²) in [5.41, 5.74) is 3.30. The number of sulfonamides is 1. The Balaban J connectivity index is 1.94. The highest BCUT2D eigenvalue weighted by Gasteiger charge is 2.26. The standard InChI is InChI=1S/C19H19ClFN3O2S/c1-13-17(14(2)24(22-13)16-7-5-4-6-8-16)12-23(3)27(25,26)19-10-9-15(21)11-18(19)20/h4-11H,12H2,1-3H3. The first-order valence-electron chi connectivity index (χ1n) is 8.23. The van der Waals surface area contributed by atoms with Gasteiger partial charge in [-0.1, -0.05) is 29.8 Å². The van der Waals surface area contributed by atoms with E-state index in [0.717, 1.165) is 34.8 Å². The van der Waals surface area contributed by atoms with Crippen LogP contribution in [0.25, 0.3) is 5.69 Å². The average molecular weight is 408 g/mol. The minimum atomic E-state index is -3.88. The Morgan fingerprint density at radius 2 is 1.81 bits per heavy atom. The fraction of sp³-hybridized carbons (Fsp3) is 0.211. The quantitative estimate of drug-likeness (QED) is 0.639. The zero-order valence-electron chi connectivity index (χ0n) is 15.1. The Bertz CT molecular complexity index is 1080. The molecule has 0 amide bonds. The van der Waals surface area contributed by atoms with Crippen molar-refractivity contribution in [2.45, 2.75) is 25.3 Å². The van der Waals surface area contributed by atoms with E-state index in [2.05, 4.69) is 5.10 Å². The predicted octanol–water partition coefficient (Wildman–Crippen LogP) is 4.10. The molecule has 8 heteroatoms. The van der Waals surface area contributed by atoms with Gasteiger partial charge in [-0.3, -0.25) is 0 Å². The molecule has 0 bridgehead atoms. The number of para-hydroxylation sites is 1. The zero-order chi connectivity index (χ0) is 19.8. The van der Waals surface area contributed by atoms with Gasteiger partial charge in [-0.05, 0) is 44.2 Å². The maximum Gasteiger partial charge on any atom is 0.244 e. The van der Waals surface area contributed by atoms with Crippen molar-refractivity contribution in [3.8, 4) is 5.69 Å². The van der Waals surface area contributed by atoms with Gasteiger partial charge in [0, 0.05) is 24.8 Å². The lowest BCUT2D eigenvalue weighted by atomic mass is 10.2. The molecule has 0 aliphatic rings. The minimum absolute atomic E-state index is 0.126. The van der Waals surface area contributed by atoms with E-state index in [4.69, 9.17) is 11.6 Å². The van der Waals surface area contributed by atoms with Crippen molar-refractivity contribution in [2.24, 2.45) is 0 Å². The van der Waals surface area contributed by atoms with Crippen molar-refractivity contribution in [3.63, 3.8) is 0 Å². The van der Waals surface area contributed by atoms with Crippen LogP contribution in [0.2, 0.25) is 5.02 Å². The van der Waals surface area contributed by atoms with Crippen LogP contribution in [0.5, 0.6) is 0 Å². The predicted molar refractivity (Wildman–Crippen MR) is 103 cm³/mol. The summed E-state index contributed by atoms with van der Waals surface area (Å²) >= 11 is 5.95. The molecule has 3 aromatic rings. The number of rotatable bonds is 5. The van der Waals surface area contributed by atoms with Gasteiger partial charge in [0.2, 0.25) is 10.0 Å². The van der Waals surface area contributed by atoms with Crippen LogP contribution >= 0.6 is 11.6 Å². The van der Waals surface area contributed by atoms with Crippen LogP contribution in [0.3, 0.4) is 0 Å². The maximum absolute atomic E-state index is 13.2. The van der Waals surface area contributed by atoms with E-state index in [1.165, 1.54) is 17.4 Å². The highest BCUT2D eigenvalue weighted by Crippen LogP contribution is 2.27. The number of aryl methyl sites for hydroxylation is 1. The third-order valence-corrected chi connectivity index (χ3v) is 6.69. The maximum atomic E-state index is 13.2. The molecular weight excluding hydrogens is 389 g/mol. The SMILES string of the molecule is Cc1nn(-c2ccccc2)c(C)c1CN(C)S(=O)(=O)c1ccc(F)cc1Cl. The highest BCUT2D eigenvalue weighted by atomic mass is 35.5. The van der Waals surface area contributed by atoms with Gasteiger partial charge in [-0.2, -0.15) is 9.40 Å². The van der Waals surface area contributed by atoms with E-state index in [1.807, 2.05) is 44.2 Å². The van der Waals surface area contributed by atoms with E-state index in [0.29, 0.717) is 0 Å². The van der Waals surface area contributed by atoms with E-state index in [1.54, 1.807) is 4.68 Å². The molecule has 0 aliphatic carbocycles. The molecule has 27 heavy (non-hydrogen) atoms. The summed E-state index contributed by atoms with van der Waals surface area (Å²) in [5, 5.41) is 4.39. The molecule has 0 fully saturated rings. The fourth-order valence-electron chi connectivity index (χ4n) is 2.88. The molecule has 0 aliphatic heterocycles. The van der Waals surface area contributed by atoms with Crippen molar-refractivity contribution in [1.82, 2.24) is 14.1 Å². The van der Waals surface area contributed by atoms with Gasteiger partial charge in [0.25, 0.3) is 0 Å². The van der Waals surface area contributed by atoms with E-state index in [9.17, 15) is 12.8 Å². The van der Waals surface area contributed by atoms with Gasteiger partial charge >= 0.3 is 0 Å². The molecule has 0 saturated heterocycles. The molecule has 142 valence electrons. The van der Waals surface area contributed by atoms with Crippen LogP contribution in [-0.2, 0) is 16.6 Å². The third kappa shape index (κ3) is 3.76. The first kappa shape index (κ1) is 19.5. The Hall–Kier alpha value is -2.22. The number of hydrogen-bond donors (Lipinski definition) is 0. The Morgan fingerprint density at radius 3 is 2.44 bits per heavy atom. The lowest BCUT2D eigenvalue weighted by molar-refractivity contribution is 0.465. The Morgan fingerprint density at radius 1 is 1.15 bits per heavy atom. The third-order valence-electron chi connectivity index (χ3n) is 4.40. The van der Waals surface area contributed by atoms with Gasteiger partial charge in [-0.15, -0.1) is 0 Å².